The summed E-state index contributed by atoms with van der Waals surface area (Å²) in [5.74, 6) is 0. The van der Waals surface area contributed by atoms with E-state index in [4.69, 9.17) is 0 Å². The molecule has 0 saturated carbocycles. The fourth-order valence-corrected chi connectivity index (χ4v) is 4.59. The molecule has 1 fully saturated rings. The van der Waals surface area contributed by atoms with Gasteiger partial charge in [0.1, 0.15) is 0 Å². The second-order valence-electron chi connectivity index (χ2n) is 5.94. The maximum Gasteiger partial charge on any atom is 0.280 e. The average Bonchev–Trinajstić information content (AvgIpc) is 3.05. The first-order chi connectivity index (χ1) is 11.1. The molecule has 1 N–H and O–H groups in total. The summed E-state index contributed by atoms with van der Waals surface area (Å²) in [5, 5.41) is 0. The number of nitrogens with one attached hydrogen (secondary N) is 1. The summed E-state index contributed by atoms with van der Waals surface area (Å²) >= 11 is 0. The Labute approximate surface area is 138 Å². The Bertz CT molecular complexity index is 760. The predicted molar refractivity (Wildman–Crippen MR) is 92.1 cm³/mol. The van der Waals surface area contributed by atoms with Crippen LogP contribution in [-0.4, -0.2) is 19.3 Å². The second-order valence-corrected chi connectivity index (χ2v) is 7.64. The lowest BCUT2D eigenvalue weighted by Crippen LogP contribution is -2.40. The van der Waals surface area contributed by atoms with Crippen LogP contribution in [0.4, 0.5) is 0 Å². The second kappa shape index (κ2) is 6.83. The summed E-state index contributed by atoms with van der Waals surface area (Å²) in [6, 6.07) is 17.6. The lowest BCUT2D eigenvalue weighted by Gasteiger charge is -2.25. The molecule has 1 saturated heterocycles. The molecule has 23 heavy (non-hydrogen) atoms. The zero-order chi connectivity index (χ0) is 16.3. The molecule has 0 radical (unpaired) electrons. The molecule has 1 heterocycles. The van der Waals surface area contributed by atoms with E-state index in [1.54, 1.807) is 4.31 Å². The fraction of sp³-hybridized carbons (Fsp3) is 0.333. The normalized spacial score (nSPS) is 19.1. The van der Waals surface area contributed by atoms with Crippen LogP contribution in [0.3, 0.4) is 0 Å². The Morgan fingerprint density at radius 2 is 1.78 bits per heavy atom. The number of hydrogen-bond acceptors (Lipinski definition) is 2. The molecule has 3 rings (SSSR count). The van der Waals surface area contributed by atoms with Crippen LogP contribution in [0.15, 0.2) is 54.6 Å². The molecule has 0 bridgehead atoms. The van der Waals surface area contributed by atoms with E-state index in [1.807, 2.05) is 61.5 Å². The van der Waals surface area contributed by atoms with Crippen molar-refractivity contribution in [1.82, 2.24) is 9.03 Å². The van der Waals surface area contributed by atoms with Crippen molar-refractivity contribution in [3.05, 3.63) is 71.3 Å². The van der Waals surface area contributed by atoms with Gasteiger partial charge in [-0.2, -0.15) is 17.4 Å². The fourth-order valence-electron chi connectivity index (χ4n) is 3.15. The molecule has 4 nitrogen and oxygen atoms in total. The number of rotatable bonds is 5. The van der Waals surface area contributed by atoms with Crippen molar-refractivity contribution in [3.8, 4) is 0 Å². The van der Waals surface area contributed by atoms with E-state index in [2.05, 4.69) is 4.72 Å². The number of nitrogens with zero attached hydrogens (tertiary/aromatic N) is 1. The summed E-state index contributed by atoms with van der Waals surface area (Å²) in [5.41, 5.74) is 3.21. The van der Waals surface area contributed by atoms with Crippen LogP contribution in [0.1, 0.15) is 35.6 Å². The van der Waals surface area contributed by atoms with Gasteiger partial charge in [0.15, 0.2) is 0 Å². The monoisotopic (exact) mass is 330 g/mol. The Hall–Kier alpha value is -1.69. The van der Waals surface area contributed by atoms with Gasteiger partial charge < -0.3 is 0 Å². The van der Waals surface area contributed by atoms with Gasteiger partial charge in [-0.25, -0.2) is 0 Å². The first-order valence-corrected chi connectivity index (χ1v) is 9.38. The van der Waals surface area contributed by atoms with Crippen molar-refractivity contribution < 1.29 is 8.42 Å². The van der Waals surface area contributed by atoms with Crippen LogP contribution in [0.25, 0.3) is 0 Å². The molecule has 0 aromatic heterocycles. The average molecular weight is 330 g/mol. The minimum Gasteiger partial charge on any atom is -0.198 e. The van der Waals surface area contributed by atoms with Gasteiger partial charge in [0, 0.05) is 13.1 Å². The molecule has 2 aromatic rings. The van der Waals surface area contributed by atoms with Crippen LogP contribution in [0.2, 0.25) is 0 Å². The maximum atomic E-state index is 12.7. The summed E-state index contributed by atoms with van der Waals surface area (Å²) in [6.45, 7) is 2.93. The van der Waals surface area contributed by atoms with Gasteiger partial charge in [-0.05, 0) is 36.5 Å². The van der Waals surface area contributed by atoms with E-state index in [0.29, 0.717) is 13.1 Å². The largest absolute Gasteiger partial charge is 0.280 e. The highest BCUT2D eigenvalue weighted by Gasteiger charge is 2.35. The molecule has 1 aliphatic rings. The minimum absolute atomic E-state index is 0.0653. The van der Waals surface area contributed by atoms with Gasteiger partial charge in [0.05, 0.1) is 6.04 Å². The molecule has 1 unspecified atom stereocenters. The SMILES string of the molecule is Cc1ccccc1C1CCCN1S(=O)(=O)NCc1ccccc1. The Morgan fingerprint density at radius 3 is 2.52 bits per heavy atom. The molecule has 0 amide bonds. The number of benzene rings is 2. The molecule has 2 aromatic carbocycles. The molecule has 5 heteroatoms. The molecule has 122 valence electrons. The Morgan fingerprint density at radius 1 is 1.09 bits per heavy atom. The van der Waals surface area contributed by atoms with E-state index >= 15 is 0 Å². The highest BCUT2D eigenvalue weighted by molar-refractivity contribution is 7.87. The molecule has 0 spiro atoms. The van der Waals surface area contributed by atoms with Crippen molar-refractivity contribution in [1.29, 1.82) is 0 Å². The van der Waals surface area contributed by atoms with Gasteiger partial charge in [0.25, 0.3) is 10.2 Å². The molecular formula is C18H22N2O2S. The van der Waals surface area contributed by atoms with Gasteiger partial charge in [-0.1, -0.05) is 54.6 Å². The topological polar surface area (TPSA) is 49.4 Å². The third-order valence-electron chi connectivity index (χ3n) is 4.36. The molecule has 1 atom stereocenters. The molecular weight excluding hydrogens is 308 g/mol. The van der Waals surface area contributed by atoms with Crippen LogP contribution in [0, 0.1) is 6.92 Å². The lowest BCUT2D eigenvalue weighted by molar-refractivity contribution is 0.388. The summed E-state index contributed by atoms with van der Waals surface area (Å²) in [7, 11) is -3.49. The Balaban J connectivity index is 1.77. The third kappa shape index (κ3) is 3.63. The van der Waals surface area contributed by atoms with Crippen LogP contribution in [0.5, 0.6) is 0 Å². The van der Waals surface area contributed by atoms with Crippen LogP contribution in [-0.2, 0) is 16.8 Å². The smallest absolute Gasteiger partial charge is 0.198 e. The number of hydrogen-bond donors (Lipinski definition) is 1. The van der Waals surface area contributed by atoms with Crippen LogP contribution >= 0.6 is 0 Å². The van der Waals surface area contributed by atoms with Crippen molar-refractivity contribution in [2.75, 3.05) is 6.54 Å². The summed E-state index contributed by atoms with van der Waals surface area (Å²) < 4.78 is 29.8. The van der Waals surface area contributed by atoms with Gasteiger partial charge in [0.2, 0.25) is 0 Å². The zero-order valence-electron chi connectivity index (χ0n) is 13.3. The first kappa shape index (κ1) is 16.2. The Kier molecular flexibility index (Phi) is 4.80. The van der Waals surface area contributed by atoms with E-state index in [9.17, 15) is 8.42 Å². The minimum atomic E-state index is -3.49. The van der Waals surface area contributed by atoms with E-state index < -0.39 is 10.2 Å². The predicted octanol–water partition coefficient (Wildman–Crippen LogP) is 3.17. The molecule has 1 aliphatic heterocycles. The quantitative estimate of drug-likeness (QED) is 0.915. The molecule has 0 aliphatic carbocycles. The summed E-state index contributed by atoms with van der Waals surface area (Å²) in [4.78, 5) is 0. The van der Waals surface area contributed by atoms with E-state index in [-0.39, 0.29) is 6.04 Å². The standard InChI is InChI=1S/C18H22N2O2S/c1-15-8-5-6-11-17(15)18-12-7-13-20(18)23(21,22)19-14-16-9-3-2-4-10-16/h2-6,8-11,18-19H,7,12-14H2,1H3. The zero-order valence-corrected chi connectivity index (χ0v) is 14.1. The van der Waals surface area contributed by atoms with E-state index in [1.165, 1.54) is 0 Å². The van der Waals surface area contributed by atoms with Crippen molar-refractivity contribution >= 4 is 10.2 Å². The van der Waals surface area contributed by atoms with Gasteiger partial charge in [-0.3, -0.25) is 0 Å². The van der Waals surface area contributed by atoms with Gasteiger partial charge in [-0.15, -0.1) is 0 Å². The highest BCUT2D eigenvalue weighted by Crippen LogP contribution is 2.35. The van der Waals surface area contributed by atoms with E-state index in [0.717, 1.165) is 29.5 Å². The number of aryl methyl sites for hydroxylation is 1. The van der Waals surface area contributed by atoms with Gasteiger partial charge >= 0.3 is 0 Å². The summed E-state index contributed by atoms with van der Waals surface area (Å²) in [6.07, 6.45) is 1.77. The lowest BCUT2D eigenvalue weighted by atomic mass is 10.0. The highest BCUT2D eigenvalue weighted by atomic mass is 32.2. The van der Waals surface area contributed by atoms with Crippen molar-refractivity contribution in [2.45, 2.75) is 32.4 Å². The third-order valence-corrected chi connectivity index (χ3v) is 5.93. The first-order valence-electron chi connectivity index (χ1n) is 7.94. The maximum absolute atomic E-state index is 12.7. The van der Waals surface area contributed by atoms with Crippen LogP contribution < -0.4 is 4.72 Å². The van der Waals surface area contributed by atoms with Crippen molar-refractivity contribution in [3.63, 3.8) is 0 Å². The van der Waals surface area contributed by atoms with Crippen molar-refractivity contribution in [2.24, 2.45) is 0 Å².